The van der Waals surface area contributed by atoms with Gasteiger partial charge in [-0.2, -0.15) is 4.31 Å². The Balaban J connectivity index is 1.95. The summed E-state index contributed by atoms with van der Waals surface area (Å²) in [5, 5.41) is 0. The van der Waals surface area contributed by atoms with Crippen molar-refractivity contribution in [3.8, 4) is 0 Å². The van der Waals surface area contributed by atoms with E-state index in [1.54, 1.807) is 18.4 Å². The Kier molecular flexibility index (Phi) is 5.82. The number of furan rings is 1. The number of nitrogens with zero attached hydrogens (tertiary/aromatic N) is 1. The zero-order valence-electron chi connectivity index (χ0n) is 16.0. The second-order valence-electron chi connectivity index (χ2n) is 6.88. The summed E-state index contributed by atoms with van der Waals surface area (Å²) >= 11 is 0. The van der Waals surface area contributed by atoms with E-state index in [9.17, 15) is 8.42 Å². The van der Waals surface area contributed by atoms with Crippen LogP contribution in [0.5, 0.6) is 0 Å². The SMILES string of the molecule is Cc1cc(C)c(S(=O)(=O)N(CCc2ccccc2)Cc2ccco2)c(C)c1. The molecule has 0 saturated heterocycles. The quantitative estimate of drug-likeness (QED) is 0.597. The van der Waals surface area contributed by atoms with Crippen LogP contribution in [0.3, 0.4) is 0 Å². The molecular formula is C22H25NO3S. The lowest BCUT2D eigenvalue weighted by atomic mass is 10.1. The first-order chi connectivity index (χ1) is 12.9. The number of hydrogen-bond donors (Lipinski definition) is 0. The second kappa shape index (κ2) is 8.11. The molecule has 3 aromatic rings. The van der Waals surface area contributed by atoms with E-state index in [1.165, 1.54) is 4.31 Å². The molecule has 0 bridgehead atoms. The van der Waals surface area contributed by atoms with Gasteiger partial charge in [0.15, 0.2) is 0 Å². The predicted octanol–water partition coefficient (Wildman–Crippen LogP) is 4.64. The number of sulfonamides is 1. The number of benzene rings is 2. The van der Waals surface area contributed by atoms with Crippen molar-refractivity contribution in [3.05, 3.63) is 88.9 Å². The van der Waals surface area contributed by atoms with E-state index < -0.39 is 10.0 Å². The summed E-state index contributed by atoms with van der Waals surface area (Å²) in [5.41, 5.74) is 3.72. The molecule has 2 aromatic carbocycles. The van der Waals surface area contributed by atoms with Gasteiger partial charge in [0.25, 0.3) is 0 Å². The van der Waals surface area contributed by atoms with Crippen LogP contribution in [-0.2, 0) is 23.0 Å². The molecule has 5 heteroatoms. The summed E-state index contributed by atoms with van der Waals surface area (Å²) in [6, 6.07) is 17.3. The lowest BCUT2D eigenvalue weighted by molar-refractivity contribution is 0.365. The zero-order valence-corrected chi connectivity index (χ0v) is 16.8. The van der Waals surface area contributed by atoms with Crippen molar-refractivity contribution >= 4 is 10.0 Å². The molecule has 0 aliphatic heterocycles. The fourth-order valence-corrected chi connectivity index (χ4v) is 5.28. The fraction of sp³-hybridized carbons (Fsp3) is 0.273. The Bertz CT molecular complexity index is 970. The van der Waals surface area contributed by atoms with Crippen molar-refractivity contribution in [2.45, 2.75) is 38.6 Å². The summed E-state index contributed by atoms with van der Waals surface area (Å²) in [7, 11) is -3.65. The molecule has 4 nitrogen and oxygen atoms in total. The van der Waals surface area contributed by atoms with E-state index in [-0.39, 0.29) is 6.54 Å². The van der Waals surface area contributed by atoms with Crippen molar-refractivity contribution < 1.29 is 12.8 Å². The molecule has 0 amide bonds. The highest BCUT2D eigenvalue weighted by Gasteiger charge is 2.28. The van der Waals surface area contributed by atoms with Crippen molar-refractivity contribution in [2.75, 3.05) is 6.54 Å². The van der Waals surface area contributed by atoms with E-state index in [1.807, 2.05) is 63.2 Å². The van der Waals surface area contributed by atoms with Gasteiger partial charge in [-0.15, -0.1) is 0 Å². The van der Waals surface area contributed by atoms with E-state index >= 15 is 0 Å². The third-order valence-electron chi connectivity index (χ3n) is 4.61. The lowest BCUT2D eigenvalue weighted by Crippen LogP contribution is -2.33. The topological polar surface area (TPSA) is 50.5 Å². The second-order valence-corrected chi connectivity index (χ2v) is 8.76. The maximum Gasteiger partial charge on any atom is 0.244 e. The minimum absolute atomic E-state index is 0.217. The summed E-state index contributed by atoms with van der Waals surface area (Å²) in [6.45, 7) is 6.30. The summed E-state index contributed by atoms with van der Waals surface area (Å²) in [6.07, 6.45) is 2.21. The molecule has 0 fully saturated rings. The molecule has 0 radical (unpaired) electrons. The Morgan fingerprint density at radius 3 is 2.19 bits per heavy atom. The van der Waals surface area contributed by atoms with Gasteiger partial charge in [-0.3, -0.25) is 0 Å². The third kappa shape index (κ3) is 4.49. The average molecular weight is 384 g/mol. The largest absolute Gasteiger partial charge is 0.468 e. The first kappa shape index (κ1) is 19.4. The average Bonchev–Trinajstić information content (AvgIpc) is 3.11. The van der Waals surface area contributed by atoms with Gasteiger partial charge >= 0.3 is 0 Å². The van der Waals surface area contributed by atoms with Crippen LogP contribution in [0.4, 0.5) is 0 Å². The van der Waals surface area contributed by atoms with Crippen LogP contribution >= 0.6 is 0 Å². The highest BCUT2D eigenvalue weighted by Crippen LogP contribution is 2.26. The van der Waals surface area contributed by atoms with Crippen molar-refractivity contribution in [2.24, 2.45) is 0 Å². The van der Waals surface area contributed by atoms with Crippen LogP contribution in [0.1, 0.15) is 28.0 Å². The molecule has 1 aromatic heterocycles. The van der Waals surface area contributed by atoms with Crippen molar-refractivity contribution in [3.63, 3.8) is 0 Å². The molecule has 3 rings (SSSR count). The van der Waals surface area contributed by atoms with Crippen LogP contribution in [0, 0.1) is 20.8 Å². The standard InChI is InChI=1S/C22H25NO3S/c1-17-14-18(2)22(19(3)15-17)27(24,25)23(16-21-10-7-13-26-21)12-11-20-8-5-4-6-9-20/h4-10,13-15H,11-12,16H2,1-3H3. The third-order valence-corrected chi connectivity index (χ3v) is 6.76. The van der Waals surface area contributed by atoms with Crippen LogP contribution in [0.25, 0.3) is 0 Å². The first-order valence-electron chi connectivity index (χ1n) is 9.02. The van der Waals surface area contributed by atoms with Gasteiger partial charge in [-0.05, 0) is 56.0 Å². The molecule has 1 heterocycles. The van der Waals surface area contributed by atoms with Gasteiger partial charge in [-0.1, -0.05) is 48.0 Å². The van der Waals surface area contributed by atoms with E-state index in [0.717, 1.165) is 22.3 Å². The molecule has 0 aliphatic rings. The van der Waals surface area contributed by atoms with Gasteiger partial charge in [0, 0.05) is 6.54 Å². The number of rotatable bonds is 7. The maximum atomic E-state index is 13.5. The van der Waals surface area contributed by atoms with Crippen molar-refractivity contribution in [1.82, 2.24) is 4.31 Å². The Morgan fingerprint density at radius 1 is 0.926 bits per heavy atom. The minimum Gasteiger partial charge on any atom is -0.468 e. The molecule has 0 N–H and O–H groups in total. The van der Waals surface area contributed by atoms with Crippen LogP contribution in [0.2, 0.25) is 0 Å². The molecule has 0 unspecified atom stereocenters. The van der Waals surface area contributed by atoms with Gasteiger partial charge in [0.1, 0.15) is 5.76 Å². The van der Waals surface area contributed by atoms with Gasteiger partial charge in [0.05, 0.1) is 17.7 Å². The molecule has 142 valence electrons. The normalized spacial score (nSPS) is 11.9. The maximum absolute atomic E-state index is 13.5. The van der Waals surface area contributed by atoms with E-state index in [2.05, 4.69) is 0 Å². The molecule has 27 heavy (non-hydrogen) atoms. The Morgan fingerprint density at radius 2 is 1.59 bits per heavy atom. The zero-order chi connectivity index (χ0) is 19.4. The van der Waals surface area contributed by atoms with E-state index in [4.69, 9.17) is 4.42 Å². The molecular weight excluding hydrogens is 358 g/mol. The number of hydrogen-bond acceptors (Lipinski definition) is 3. The monoisotopic (exact) mass is 383 g/mol. The highest BCUT2D eigenvalue weighted by atomic mass is 32.2. The highest BCUT2D eigenvalue weighted by molar-refractivity contribution is 7.89. The van der Waals surface area contributed by atoms with Crippen LogP contribution in [0.15, 0.2) is 70.2 Å². The van der Waals surface area contributed by atoms with Crippen molar-refractivity contribution in [1.29, 1.82) is 0 Å². The molecule has 0 atom stereocenters. The summed E-state index contributed by atoms with van der Waals surface area (Å²) in [5.74, 6) is 0.633. The minimum atomic E-state index is -3.65. The van der Waals surface area contributed by atoms with Crippen LogP contribution < -0.4 is 0 Å². The Labute approximate surface area is 161 Å². The van der Waals surface area contributed by atoms with Gasteiger partial charge < -0.3 is 4.42 Å². The predicted molar refractivity (Wildman–Crippen MR) is 107 cm³/mol. The molecule has 0 aliphatic carbocycles. The molecule has 0 spiro atoms. The lowest BCUT2D eigenvalue weighted by Gasteiger charge is -2.24. The molecule has 0 saturated carbocycles. The van der Waals surface area contributed by atoms with Gasteiger partial charge in [-0.25, -0.2) is 8.42 Å². The Hall–Kier alpha value is -2.37. The van der Waals surface area contributed by atoms with Gasteiger partial charge in [0.2, 0.25) is 10.0 Å². The summed E-state index contributed by atoms with van der Waals surface area (Å²) in [4.78, 5) is 0.396. The number of aryl methyl sites for hydroxylation is 3. The fourth-order valence-electron chi connectivity index (χ4n) is 3.46. The van der Waals surface area contributed by atoms with Crippen LogP contribution in [-0.4, -0.2) is 19.3 Å². The smallest absolute Gasteiger partial charge is 0.244 e. The summed E-state index contributed by atoms with van der Waals surface area (Å²) < 4.78 is 34.0. The first-order valence-corrected chi connectivity index (χ1v) is 10.5. The van der Waals surface area contributed by atoms with E-state index in [0.29, 0.717) is 23.6 Å².